The zero-order chi connectivity index (χ0) is 30.2. The molecule has 0 aliphatic heterocycles. The average Bonchev–Trinajstić information content (AvgIpc) is 2.87. The Balaban J connectivity index is 1.89. The predicted molar refractivity (Wildman–Crippen MR) is 167 cm³/mol. The summed E-state index contributed by atoms with van der Waals surface area (Å²) in [6.07, 6.45) is 1.86. The van der Waals surface area contributed by atoms with Crippen LogP contribution in [0.3, 0.4) is 0 Å². The van der Waals surface area contributed by atoms with E-state index in [1.807, 2.05) is 88.4 Å². The highest BCUT2D eigenvalue weighted by molar-refractivity contribution is 7.92. The highest BCUT2D eigenvalue weighted by Crippen LogP contribution is 2.23. The summed E-state index contributed by atoms with van der Waals surface area (Å²) in [7, 11) is -3.58. The maximum absolute atomic E-state index is 13.9. The molecule has 0 saturated carbocycles. The zero-order valence-electron chi connectivity index (χ0n) is 24.4. The van der Waals surface area contributed by atoms with Crippen molar-refractivity contribution in [1.82, 2.24) is 10.2 Å². The molecular weight excluding hydrogens is 558 g/mol. The standard InChI is InChI=1S/C32H40ClN3O4S/c1-23(2)34-32(38)30(21-26-11-7-6-8-12-26)35(22-27-13-9-14-28(33)20-27)31(37)15-10-16-36(41(5,39)40)29-18-24(3)17-25(4)19-29/h6-9,11-14,17-20,23,30H,10,15-16,21-22H2,1-5H3,(H,34,38)/t30-/m1/s1. The second-order valence-corrected chi connectivity index (χ2v) is 13.1. The summed E-state index contributed by atoms with van der Waals surface area (Å²) in [6, 6.07) is 21.6. The first-order chi connectivity index (χ1) is 19.3. The third kappa shape index (κ3) is 9.90. The molecule has 0 aliphatic rings. The van der Waals surface area contributed by atoms with E-state index in [2.05, 4.69) is 5.32 Å². The van der Waals surface area contributed by atoms with Crippen molar-refractivity contribution in [3.8, 4) is 0 Å². The van der Waals surface area contributed by atoms with Crippen molar-refractivity contribution in [2.75, 3.05) is 17.1 Å². The predicted octanol–water partition coefficient (Wildman–Crippen LogP) is 5.67. The Bertz CT molecular complexity index is 1420. The fourth-order valence-corrected chi connectivity index (χ4v) is 6.03. The second-order valence-electron chi connectivity index (χ2n) is 10.8. The van der Waals surface area contributed by atoms with Gasteiger partial charge in [-0.1, -0.05) is 60.1 Å². The highest BCUT2D eigenvalue weighted by Gasteiger charge is 2.31. The highest BCUT2D eigenvalue weighted by atomic mass is 35.5. The van der Waals surface area contributed by atoms with Crippen molar-refractivity contribution in [2.45, 2.75) is 65.6 Å². The number of hydrogen-bond acceptors (Lipinski definition) is 4. The summed E-state index contributed by atoms with van der Waals surface area (Å²) in [5.41, 5.74) is 4.22. The van der Waals surface area contributed by atoms with E-state index in [9.17, 15) is 18.0 Å². The number of nitrogens with zero attached hydrogens (tertiary/aromatic N) is 2. The van der Waals surface area contributed by atoms with Gasteiger partial charge in [0.05, 0.1) is 11.9 Å². The first-order valence-electron chi connectivity index (χ1n) is 13.8. The topological polar surface area (TPSA) is 86.8 Å². The van der Waals surface area contributed by atoms with Crippen LogP contribution >= 0.6 is 11.6 Å². The molecule has 3 aromatic carbocycles. The number of amides is 2. The maximum atomic E-state index is 13.9. The van der Waals surface area contributed by atoms with Gasteiger partial charge < -0.3 is 10.2 Å². The molecule has 7 nitrogen and oxygen atoms in total. The minimum absolute atomic E-state index is 0.0671. The van der Waals surface area contributed by atoms with Gasteiger partial charge >= 0.3 is 0 Å². The Morgan fingerprint density at radius 1 is 0.902 bits per heavy atom. The summed E-state index contributed by atoms with van der Waals surface area (Å²) < 4.78 is 26.8. The van der Waals surface area contributed by atoms with Crippen molar-refractivity contribution in [3.05, 3.63) is 100 Å². The van der Waals surface area contributed by atoms with Crippen LogP contribution in [-0.2, 0) is 32.6 Å². The van der Waals surface area contributed by atoms with E-state index in [0.717, 1.165) is 22.3 Å². The molecule has 3 rings (SSSR count). The summed E-state index contributed by atoms with van der Waals surface area (Å²) in [5, 5.41) is 3.52. The fourth-order valence-electron chi connectivity index (χ4n) is 4.87. The van der Waals surface area contributed by atoms with Gasteiger partial charge in [-0.05, 0) is 80.6 Å². The smallest absolute Gasteiger partial charge is 0.243 e. The van der Waals surface area contributed by atoms with Crippen LogP contribution in [0.1, 0.15) is 48.9 Å². The Morgan fingerprint density at radius 3 is 2.12 bits per heavy atom. The van der Waals surface area contributed by atoms with Crippen molar-refractivity contribution in [1.29, 1.82) is 0 Å². The molecule has 3 aromatic rings. The van der Waals surface area contributed by atoms with Gasteiger partial charge in [0.25, 0.3) is 0 Å². The van der Waals surface area contributed by atoms with Crippen LogP contribution in [-0.4, -0.2) is 50.0 Å². The molecule has 2 amide bonds. The quantitative estimate of drug-likeness (QED) is 0.275. The molecule has 0 heterocycles. The minimum atomic E-state index is -3.58. The third-order valence-corrected chi connectivity index (χ3v) is 8.02. The van der Waals surface area contributed by atoms with Crippen LogP contribution in [0, 0.1) is 13.8 Å². The molecule has 220 valence electrons. The average molecular weight is 598 g/mol. The van der Waals surface area contributed by atoms with Crippen LogP contribution in [0.4, 0.5) is 5.69 Å². The van der Waals surface area contributed by atoms with Crippen LogP contribution in [0.15, 0.2) is 72.8 Å². The molecule has 0 aromatic heterocycles. The number of halogens is 1. The number of anilines is 1. The van der Waals surface area contributed by atoms with Crippen molar-refractivity contribution < 1.29 is 18.0 Å². The maximum Gasteiger partial charge on any atom is 0.243 e. The van der Waals surface area contributed by atoms with E-state index in [1.165, 1.54) is 10.6 Å². The molecule has 0 aliphatic carbocycles. The van der Waals surface area contributed by atoms with E-state index in [0.29, 0.717) is 17.1 Å². The SMILES string of the molecule is Cc1cc(C)cc(N(CCCC(=O)N(Cc2cccc(Cl)c2)[C@H](Cc2ccccc2)C(=O)NC(C)C)S(C)(=O)=O)c1. The number of sulfonamides is 1. The lowest BCUT2D eigenvalue weighted by atomic mass is 10.0. The van der Waals surface area contributed by atoms with Gasteiger partial charge in [-0.3, -0.25) is 13.9 Å². The normalized spacial score (nSPS) is 12.2. The number of rotatable bonds is 13. The lowest BCUT2D eigenvalue weighted by Crippen LogP contribution is -2.51. The van der Waals surface area contributed by atoms with Gasteiger partial charge in [0.1, 0.15) is 6.04 Å². The molecule has 1 atom stereocenters. The zero-order valence-corrected chi connectivity index (χ0v) is 26.0. The van der Waals surface area contributed by atoms with E-state index in [1.54, 1.807) is 17.0 Å². The molecule has 0 fully saturated rings. The van der Waals surface area contributed by atoms with Crippen molar-refractivity contribution >= 4 is 39.1 Å². The second kappa shape index (κ2) is 14.5. The fraction of sp³-hybridized carbons (Fsp3) is 0.375. The Labute approximate surface area is 249 Å². The minimum Gasteiger partial charge on any atom is -0.352 e. The van der Waals surface area contributed by atoms with Gasteiger partial charge in [0, 0.05) is 37.0 Å². The lowest BCUT2D eigenvalue weighted by Gasteiger charge is -2.32. The summed E-state index contributed by atoms with van der Waals surface area (Å²) in [6.45, 7) is 7.93. The van der Waals surface area contributed by atoms with Gasteiger partial charge in [-0.25, -0.2) is 8.42 Å². The molecular formula is C32H40ClN3O4S. The van der Waals surface area contributed by atoms with Gasteiger partial charge in [-0.15, -0.1) is 0 Å². The summed E-state index contributed by atoms with van der Waals surface area (Å²) in [4.78, 5) is 29.0. The van der Waals surface area contributed by atoms with E-state index < -0.39 is 16.1 Å². The number of carbonyl (C=O) groups excluding carboxylic acids is 2. The molecule has 9 heteroatoms. The number of aryl methyl sites for hydroxylation is 2. The molecule has 0 unspecified atom stereocenters. The molecule has 0 spiro atoms. The molecule has 0 saturated heterocycles. The largest absolute Gasteiger partial charge is 0.352 e. The van der Waals surface area contributed by atoms with E-state index in [4.69, 9.17) is 11.6 Å². The van der Waals surface area contributed by atoms with Gasteiger partial charge in [0.15, 0.2) is 0 Å². The number of benzene rings is 3. The monoisotopic (exact) mass is 597 g/mol. The van der Waals surface area contributed by atoms with Crippen LogP contribution < -0.4 is 9.62 Å². The van der Waals surface area contributed by atoms with Gasteiger partial charge in [0.2, 0.25) is 21.8 Å². The number of carbonyl (C=O) groups is 2. The molecule has 0 radical (unpaired) electrons. The Hall–Kier alpha value is -3.36. The van der Waals surface area contributed by atoms with E-state index in [-0.39, 0.29) is 43.8 Å². The summed E-state index contributed by atoms with van der Waals surface area (Å²) >= 11 is 6.25. The Kier molecular flexibility index (Phi) is 11.4. The Morgan fingerprint density at radius 2 is 1.54 bits per heavy atom. The number of hydrogen-bond donors (Lipinski definition) is 1. The molecule has 0 bridgehead atoms. The van der Waals surface area contributed by atoms with Crippen LogP contribution in [0.25, 0.3) is 0 Å². The van der Waals surface area contributed by atoms with E-state index >= 15 is 0 Å². The van der Waals surface area contributed by atoms with Crippen molar-refractivity contribution in [3.63, 3.8) is 0 Å². The molecule has 41 heavy (non-hydrogen) atoms. The number of nitrogens with one attached hydrogen (secondary N) is 1. The van der Waals surface area contributed by atoms with Crippen LogP contribution in [0.5, 0.6) is 0 Å². The first kappa shape index (κ1) is 32.2. The third-order valence-electron chi connectivity index (χ3n) is 6.59. The first-order valence-corrected chi connectivity index (χ1v) is 16.0. The lowest BCUT2D eigenvalue weighted by molar-refractivity contribution is -0.141. The summed E-state index contributed by atoms with van der Waals surface area (Å²) in [5.74, 6) is -0.481. The molecule has 1 N–H and O–H groups in total. The van der Waals surface area contributed by atoms with Crippen molar-refractivity contribution in [2.24, 2.45) is 0 Å². The van der Waals surface area contributed by atoms with Crippen LogP contribution in [0.2, 0.25) is 5.02 Å². The van der Waals surface area contributed by atoms with Gasteiger partial charge in [-0.2, -0.15) is 0 Å².